The smallest absolute Gasteiger partial charge is 0.343 e. The van der Waals surface area contributed by atoms with Crippen molar-refractivity contribution in [2.75, 3.05) is 6.61 Å². The Morgan fingerprint density at radius 3 is 2.65 bits per heavy atom. The number of nitro benzene ring substituents is 1. The number of rotatable bonds is 6. The van der Waals surface area contributed by atoms with Crippen molar-refractivity contribution in [1.82, 2.24) is 0 Å². The van der Waals surface area contributed by atoms with Gasteiger partial charge in [0.1, 0.15) is 9.77 Å². The van der Waals surface area contributed by atoms with Crippen LogP contribution in [0.25, 0.3) is 0 Å². The molecule has 1 heterocycles. The lowest BCUT2D eigenvalue weighted by Gasteiger charge is -2.07. The van der Waals surface area contributed by atoms with Gasteiger partial charge in [-0.1, -0.05) is 27.7 Å². The van der Waals surface area contributed by atoms with E-state index in [-0.39, 0.29) is 23.6 Å². The molecule has 0 aliphatic carbocycles. The summed E-state index contributed by atoms with van der Waals surface area (Å²) < 4.78 is 11.3. The summed E-state index contributed by atoms with van der Waals surface area (Å²) in [4.78, 5) is 35.5. The predicted molar refractivity (Wildman–Crippen MR) is 101 cm³/mol. The normalized spacial score (nSPS) is 10.5. The van der Waals surface area contributed by atoms with E-state index < -0.39 is 16.9 Å². The van der Waals surface area contributed by atoms with Crippen LogP contribution in [-0.4, -0.2) is 23.5 Å². The third-order valence-electron chi connectivity index (χ3n) is 3.06. The summed E-state index contributed by atoms with van der Waals surface area (Å²) in [6.07, 6.45) is 0. The average Bonchev–Trinajstić information content (AvgIpc) is 2.83. The van der Waals surface area contributed by atoms with Crippen molar-refractivity contribution in [2.24, 2.45) is 0 Å². The van der Waals surface area contributed by atoms with Gasteiger partial charge in [0.2, 0.25) is 0 Å². The minimum Gasteiger partial charge on any atom is -0.462 e. The quantitative estimate of drug-likeness (QED) is 0.341. The number of hydrogen-bond acceptors (Lipinski definition) is 8. The highest BCUT2D eigenvalue weighted by Crippen LogP contribution is 2.47. The van der Waals surface area contributed by atoms with Crippen LogP contribution in [0.15, 0.2) is 31.8 Å². The number of nitro groups is 1. The molecular weight excluding hydrogens is 446 g/mol. The van der Waals surface area contributed by atoms with E-state index in [1.807, 2.05) is 0 Å². The zero-order chi connectivity index (χ0) is 19.4. The SMILES string of the molecule is CCOC(=O)c1c(C)sc(Sc2ccc(Br)cc2[N+](=O)[O-])c1OC(C)=O. The topological polar surface area (TPSA) is 95.7 Å². The molecule has 7 nitrogen and oxygen atoms in total. The van der Waals surface area contributed by atoms with Crippen LogP contribution in [-0.2, 0) is 9.53 Å². The number of thiophene rings is 1. The molecule has 0 amide bonds. The van der Waals surface area contributed by atoms with Crippen LogP contribution >= 0.6 is 39.0 Å². The fourth-order valence-electron chi connectivity index (χ4n) is 2.06. The van der Waals surface area contributed by atoms with Crippen molar-refractivity contribution in [3.63, 3.8) is 0 Å². The van der Waals surface area contributed by atoms with Crippen LogP contribution in [0.5, 0.6) is 5.75 Å². The molecule has 0 aliphatic heterocycles. The molecule has 0 saturated heterocycles. The first kappa shape index (κ1) is 20.4. The molecule has 2 rings (SSSR count). The summed E-state index contributed by atoms with van der Waals surface area (Å²) in [6, 6.07) is 4.65. The van der Waals surface area contributed by atoms with Gasteiger partial charge in [0.05, 0.1) is 16.4 Å². The average molecular weight is 460 g/mol. The van der Waals surface area contributed by atoms with Gasteiger partial charge in [0.25, 0.3) is 5.69 Å². The number of benzene rings is 1. The van der Waals surface area contributed by atoms with Gasteiger partial charge in [-0.15, -0.1) is 11.3 Å². The Bertz CT molecular complexity index is 880. The number of carbonyl (C=O) groups is 2. The van der Waals surface area contributed by atoms with Gasteiger partial charge >= 0.3 is 11.9 Å². The van der Waals surface area contributed by atoms with E-state index in [1.165, 1.54) is 24.3 Å². The maximum atomic E-state index is 12.2. The fraction of sp³-hybridized carbons (Fsp3) is 0.250. The highest BCUT2D eigenvalue weighted by Gasteiger charge is 2.27. The molecule has 26 heavy (non-hydrogen) atoms. The van der Waals surface area contributed by atoms with E-state index in [0.717, 1.165) is 11.8 Å². The van der Waals surface area contributed by atoms with Gasteiger partial charge < -0.3 is 9.47 Å². The molecule has 0 N–H and O–H groups in total. The molecule has 0 fully saturated rings. The van der Waals surface area contributed by atoms with Crippen LogP contribution in [0, 0.1) is 17.0 Å². The number of halogens is 1. The lowest BCUT2D eigenvalue weighted by Crippen LogP contribution is -2.10. The summed E-state index contributed by atoms with van der Waals surface area (Å²) in [5.74, 6) is -1.13. The summed E-state index contributed by atoms with van der Waals surface area (Å²) in [6.45, 7) is 4.77. The third-order valence-corrected chi connectivity index (χ3v) is 5.87. The summed E-state index contributed by atoms with van der Waals surface area (Å²) in [5.41, 5.74) is 0.0659. The Hall–Kier alpha value is -1.91. The lowest BCUT2D eigenvalue weighted by molar-refractivity contribution is -0.387. The van der Waals surface area contributed by atoms with Crippen molar-refractivity contribution >= 4 is 56.7 Å². The molecule has 2 aromatic rings. The second-order valence-electron chi connectivity index (χ2n) is 4.94. The summed E-state index contributed by atoms with van der Waals surface area (Å²) in [5, 5.41) is 11.3. The van der Waals surface area contributed by atoms with Crippen molar-refractivity contribution in [2.45, 2.75) is 29.9 Å². The predicted octanol–water partition coefficient (Wildman–Crippen LogP) is 4.98. The highest BCUT2D eigenvalue weighted by atomic mass is 79.9. The maximum Gasteiger partial charge on any atom is 0.343 e. The molecule has 10 heteroatoms. The number of carbonyl (C=O) groups excluding carboxylic acids is 2. The van der Waals surface area contributed by atoms with E-state index in [2.05, 4.69) is 15.9 Å². The van der Waals surface area contributed by atoms with Crippen LogP contribution in [0.4, 0.5) is 5.69 Å². The van der Waals surface area contributed by atoms with Crippen LogP contribution < -0.4 is 4.74 Å². The molecule has 0 spiro atoms. The fourth-order valence-corrected chi connectivity index (χ4v) is 4.82. The standard InChI is InChI=1S/C16H14BrNO6S2/c1-4-23-15(20)13-8(2)25-16(14(13)24-9(3)19)26-12-6-5-10(17)7-11(12)18(21)22/h5-7H,4H2,1-3H3. The number of ether oxygens (including phenoxy) is 2. The zero-order valence-electron chi connectivity index (χ0n) is 14.0. The molecule has 0 saturated carbocycles. The number of aryl methyl sites for hydroxylation is 1. The highest BCUT2D eigenvalue weighted by molar-refractivity contribution is 9.10. The van der Waals surface area contributed by atoms with Crippen molar-refractivity contribution in [3.05, 3.63) is 43.2 Å². The van der Waals surface area contributed by atoms with E-state index >= 15 is 0 Å². The molecule has 1 aromatic heterocycles. The molecule has 1 aromatic carbocycles. The Labute approximate surface area is 166 Å². The van der Waals surface area contributed by atoms with Gasteiger partial charge in [0.15, 0.2) is 5.75 Å². The largest absolute Gasteiger partial charge is 0.462 e. The van der Waals surface area contributed by atoms with E-state index in [4.69, 9.17) is 9.47 Å². The molecule has 0 atom stereocenters. The third kappa shape index (κ3) is 4.63. The molecule has 138 valence electrons. The Kier molecular flexibility index (Phi) is 6.79. The van der Waals surface area contributed by atoms with E-state index in [0.29, 0.717) is 18.5 Å². The van der Waals surface area contributed by atoms with E-state index in [9.17, 15) is 19.7 Å². The number of esters is 2. The van der Waals surface area contributed by atoms with Gasteiger partial charge in [-0.2, -0.15) is 0 Å². The van der Waals surface area contributed by atoms with Crippen LogP contribution in [0.2, 0.25) is 0 Å². The molecule has 0 aliphatic rings. The minimum absolute atomic E-state index is 0.0701. The van der Waals surface area contributed by atoms with Gasteiger partial charge in [-0.3, -0.25) is 14.9 Å². The molecule has 0 unspecified atom stereocenters. The Morgan fingerprint density at radius 2 is 2.08 bits per heavy atom. The first-order valence-corrected chi connectivity index (χ1v) is 9.77. The monoisotopic (exact) mass is 459 g/mol. The summed E-state index contributed by atoms with van der Waals surface area (Å²) >= 11 is 5.48. The first-order chi connectivity index (χ1) is 12.2. The van der Waals surface area contributed by atoms with Crippen molar-refractivity contribution < 1.29 is 24.0 Å². The van der Waals surface area contributed by atoms with Gasteiger partial charge in [0, 0.05) is 22.3 Å². The van der Waals surface area contributed by atoms with Gasteiger partial charge in [-0.25, -0.2) is 4.79 Å². The molecule has 0 bridgehead atoms. The zero-order valence-corrected chi connectivity index (χ0v) is 17.2. The van der Waals surface area contributed by atoms with E-state index in [1.54, 1.807) is 26.0 Å². The summed E-state index contributed by atoms with van der Waals surface area (Å²) in [7, 11) is 0. The number of nitrogens with zero attached hydrogens (tertiary/aromatic N) is 1. The second kappa shape index (κ2) is 8.65. The maximum absolute atomic E-state index is 12.2. The van der Waals surface area contributed by atoms with Crippen molar-refractivity contribution in [3.8, 4) is 5.75 Å². The number of hydrogen-bond donors (Lipinski definition) is 0. The van der Waals surface area contributed by atoms with Gasteiger partial charge in [-0.05, 0) is 26.0 Å². The second-order valence-corrected chi connectivity index (χ2v) is 8.39. The van der Waals surface area contributed by atoms with Crippen molar-refractivity contribution in [1.29, 1.82) is 0 Å². The lowest BCUT2D eigenvalue weighted by atomic mass is 10.2. The molecular formula is C16H14BrNO6S2. The minimum atomic E-state index is -0.602. The Balaban J connectivity index is 2.53. The van der Waals surface area contributed by atoms with Crippen LogP contribution in [0.3, 0.4) is 0 Å². The first-order valence-electron chi connectivity index (χ1n) is 7.35. The molecule has 0 radical (unpaired) electrons. The van der Waals surface area contributed by atoms with Crippen LogP contribution in [0.1, 0.15) is 29.1 Å². The Morgan fingerprint density at radius 1 is 1.38 bits per heavy atom.